The summed E-state index contributed by atoms with van der Waals surface area (Å²) in [7, 11) is 0. The Kier molecular flexibility index (Phi) is 7.80. The molecule has 176 valence electrons. The first kappa shape index (κ1) is 23.8. The Morgan fingerprint density at radius 2 is 1.76 bits per heavy atom. The molecule has 1 aliphatic rings. The van der Waals surface area contributed by atoms with Crippen molar-refractivity contribution in [3.8, 4) is 0 Å². The van der Waals surface area contributed by atoms with Crippen molar-refractivity contribution < 1.29 is 13.6 Å². The lowest BCUT2D eigenvalue weighted by molar-refractivity contribution is 0.0976. The van der Waals surface area contributed by atoms with Gasteiger partial charge < -0.3 is 5.32 Å². The summed E-state index contributed by atoms with van der Waals surface area (Å²) in [5, 5.41) is 6.31. The van der Waals surface area contributed by atoms with Crippen LogP contribution in [0.5, 0.6) is 0 Å². The van der Waals surface area contributed by atoms with Crippen molar-refractivity contribution in [1.82, 2.24) is 15.3 Å². The molecule has 0 atom stereocenters. The number of anilines is 1. The van der Waals surface area contributed by atoms with Crippen LogP contribution in [0.15, 0.2) is 65.9 Å². The zero-order chi connectivity index (χ0) is 23.9. The van der Waals surface area contributed by atoms with E-state index in [9.17, 15) is 13.6 Å². The second kappa shape index (κ2) is 11.2. The van der Waals surface area contributed by atoms with Gasteiger partial charge in [0.1, 0.15) is 5.82 Å². The Hall–Kier alpha value is -3.39. The molecule has 4 rings (SSSR count). The second-order valence-electron chi connectivity index (χ2n) is 8.24. The molecule has 1 heterocycles. The van der Waals surface area contributed by atoms with Gasteiger partial charge in [0.05, 0.1) is 6.04 Å². The summed E-state index contributed by atoms with van der Waals surface area (Å²) in [5.41, 5.74) is 0.637. The van der Waals surface area contributed by atoms with E-state index in [1.807, 2.05) is 0 Å². The molecule has 0 spiro atoms. The standard InChI is InChI=1S/C25H24ClF2N5O/c26-18-3-1-4-20(15-18)32-25(33-24(34)17-7-10-21(27)22(28)14-17)31-19-8-5-16(6-9-19)13-23-29-11-2-12-30-23/h1-4,7,10-12,14-16,19H,5-6,8-9,13H2,(H2,31,32,33,34). The average molecular weight is 484 g/mol. The van der Waals surface area contributed by atoms with E-state index < -0.39 is 17.5 Å². The number of halogens is 3. The SMILES string of the molecule is O=C(NC(=NC1CCC(Cc2ncccn2)CC1)Nc1cccc(Cl)c1)c1ccc(F)c(F)c1. The summed E-state index contributed by atoms with van der Waals surface area (Å²) in [5.74, 6) is -1.14. The van der Waals surface area contributed by atoms with Gasteiger partial charge in [0.15, 0.2) is 11.6 Å². The Labute approximate surface area is 201 Å². The number of hydrogen-bond donors (Lipinski definition) is 2. The first-order valence-electron chi connectivity index (χ1n) is 11.1. The first-order valence-corrected chi connectivity index (χ1v) is 11.5. The van der Waals surface area contributed by atoms with Crippen LogP contribution in [-0.4, -0.2) is 27.9 Å². The van der Waals surface area contributed by atoms with Crippen molar-refractivity contribution >= 4 is 29.2 Å². The number of nitrogens with one attached hydrogen (secondary N) is 2. The molecule has 0 bridgehead atoms. The van der Waals surface area contributed by atoms with Gasteiger partial charge >= 0.3 is 0 Å². The number of aromatic nitrogens is 2. The van der Waals surface area contributed by atoms with Crippen molar-refractivity contribution in [3.05, 3.63) is 89.0 Å². The minimum absolute atomic E-state index is 0.000111. The molecule has 34 heavy (non-hydrogen) atoms. The fourth-order valence-electron chi connectivity index (χ4n) is 3.97. The van der Waals surface area contributed by atoms with E-state index >= 15 is 0 Å². The van der Waals surface area contributed by atoms with Crippen molar-refractivity contribution in [2.45, 2.75) is 38.1 Å². The lowest BCUT2D eigenvalue weighted by Crippen LogP contribution is -2.37. The van der Waals surface area contributed by atoms with E-state index in [4.69, 9.17) is 16.6 Å². The third-order valence-electron chi connectivity index (χ3n) is 5.72. The van der Waals surface area contributed by atoms with Gasteiger partial charge in [-0.15, -0.1) is 0 Å². The van der Waals surface area contributed by atoms with Crippen LogP contribution in [-0.2, 0) is 6.42 Å². The van der Waals surface area contributed by atoms with Gasteiger partial charge in [-0.2, -0.15) is 0 Å². The van der Waals surface area contributed by atoms with E-state index in [1.54, 1.807) is 42.7 Å². The van der Waals surface area contributed by atoms with E-state index in [2.05, 4.69) is 20.6 Å². The second-order valence-corrected chi connectivity index (χ2v) is 8.68. The van der Waals surface area contributed by atoms with Gasteiger partial charge in [-0.3, -0.25) is 10.1 Å². The maximum Gasteiger partial charge on any atom is 0.258 e. The lowest BCUT2D eigenvalue weighted by Gasteiger charge is -2.26. The Bertz CT molecular complexity index is 1170. The van der Waals surface area contributed by atoms with Gasteiger partial charge in [0.25, 0.3) is 5.91 Å². The van der Waals surface area contributed by atoms with Crippen LogP contribution in [0.3, 0.4) is 0 Å². The summed E-state index contributed by atoms with van der Waals surface area (Å²) in [4.78, 5) is 26.1. The fourth-order valence-corrected chi connectivity index (χ4v) is 4.16. The van der Waals surface area contributed by atoms with Crippen molar-refractivity contribution in [2.75, 3.05) is 5.32 Å². The molecule has 6 nitrogen and oxygen atoms in total. The fraction of sp³-hybridized carbons (Fsp3) is 0.280. The van der Waals surface area contributed by atoms with Gasteiger partial charge in [-0.1, -0.05) is 17.7 Å². The number of aliphatic imine (C=N–C) groups is 1. The molecular formula is C25H24ClF2N5O. The Morgan fingerprint density at radius 3 is 2.47 bits per heavy atom. The number of hydrogen-bond acceptors (Lipinski definition) is 4. The summed E-state index contributed by atoms with van der Waals surface area (Å²) in [6.45, 7) is 0. The molecule has 1 fully saturated rings. The number of benzene rings is 2. The van der Waals surface area contributed by atoms with Gasteiger partial charge in [-0.05, 0) is 74.1 Å². The molecule has 1 saturated carbocycles. The third-order valence-corrected chi connectivity index (χ3v) is 5.95. The van der Waals surface area contributed by atoms with Crippen LogP contribution in [0.1, 0.15) is 41.9 Å². The number of guanidine groups is 1. The zero-order valence-corrected chi connectivity index (χ0v) is 19.1. The summed E-state index contributed by atoms with van der Waals surface area (Å²) < 4.78 is 26.9. The molecule has 3 aromatic rings. The van der Waals surface area contributed by atoms with Crippen LogP contribution in [0.2, 0.25) is 5.02 Å². The molecule has 0 aliphatic heterocycles. The molecule has 1 aliphatic carbocycles. The number of nitrogens with zero attached hydrogens (tertiary/aromatic N) is 3. The molecule has 0 saturated heterocycles. The number of carbonyl (C=O) groups is 1. The summed E-state index contributed by atoms with van der Waals surface area (Å²) in [6.07, 6.45) is 7.96. The number of carbonyl (C=O) groups excluding carboxylic acids is 1. The lowest BCUT2D eigenvalue weighted by atomic mass is 9.84. The molecule has 9 heteroatoms. The Balaban J connectivity index is 1.46. The maximum atomic E-state index is 13.6. The Morgan fingerprint density at radius 1 is 1.00 bits per heavy atom. The quantitative estimate of drug-likeness (QED) is 0.376. The highest BCUT2D eigenvalue weighted by molar-refractivity contribution is 6.31. The van der Waals surface area contributed by atoms with Gasteiger partial charge in [0, 0.05) is 35.1 Å². The highest BCUT2D eigenvalue weighted by Crippen LogP contribution is 2.28. The van der Waals surface area contributed by atoms with E-state index in [0.29, 0.717) is 16.6 Å². The van der Waals surface area contributed by atoms with Crippen LogP contribution in [0, 0.1) is 17.6 Å². The highest BCUT2D eigenvalue weighted by Gasteiger charge is 2.23. The summed E-state index contributed by atoms with van der Waals surface area (Å²) >= 11 is 6.08. The van der Waals surface area contributed by atoms with Crippen molar-refractivity contribution in [3.63, 3.8) is 0 Å². The largest absolute Gasteiger partial charge is 0.326 e. The predicted molar refractivity (Wildman–Crippen MR) is 128 cm³/mol. The van der Waals surface area contributed by atoms with Crippen molar-refractivity contribution in [1.29, 1.82) is 0 Å². The first-order chi connectivity index (χ1) is 16.5. The average Bonchev–Trinajstić information content (AvgIpc) is 2.83. The third kappa shape index (κ3) is 6.57. The van der Waals surface area contributed by atoms with Crippen molar-refractivity contribution in [2.24, 2.45) is 10.9 Å². The topological polar surface area (TPSA) is 79.3 Å². The molecule has 2 N–H and O–H groups in total. The van der Waals surface area contributed by atoms with E-state index in [1.165, 1.54) is 6.07 Å². The number of rotatable bonds is 5. The predicted octanol–water partition coefficient (Wildman–Crippen LogP) is 5.41. The molecule has 2 aromatic carbocycles. The smallest absolute Gasteiger partial charge is 0.258 e. The zero-order valence-electron chi connectivity index (χ0n) is 18.3. The normalized spacial score (nSPS) is 18.4. The molecule has 1 aromatic heterocycles. The molecular weight excluding hydrogens is 460 g/mol. The van der Waals surface area contributed by atoms with E-state index in [0.717, 1.165) is 50.1 Å². The van der Waals surface area contributed by atoms with E-state index in [-0.39, 0.29) is 17.6 Å². The highest BCUT2D eigenvalue weighted by atomic mass is 35.5. The van der Waals surface area contributed by atoms with Crippen LogP contribution >= 0.6 is 11.6 Å². The molecule has 1 amide bonds. The summed E-state index contributed by atoms with van der Waals surface area (Å²) in [6, 6.07) is 11.8. The molecule has 0 unspecified atom stereocenters. The van der Waals surface area contributed by atoms with Crippen LogP contribution < -0.4 is 10.6 Å². The minimum atomic E-state index is -1.09. The van der Waals surface area contributed by atoms with Gasteiger partial charge in [-0.25, -0.2) is 23.7 Å². The monoisotopic (exact) mass is 483 g/mol. The van der Waals surface area contributed by atoms with Crippen LogP contribution in [0.4, 0.5) is 14.5 Å². The molecule has 0 radical (unpaired) electrons. The minimum Gasteiger partial charge on any atom is -0.326 e. The van der Waals surface area contributed by atoms with Crippen LogP contribution in [0.25, 0.3) is 0 Å². The number of amides is 1. The maximum absolute atomic E-state index is 13.6. The van der Waals surface area contributed by atoms with Gasteiger partial charge in [0.2, 0.25) is 5.96 Å².